The average molecular weight is 405 g/mol. The Bertz CT molecular complexity index is 1100. The third-order valence-corrected chi connectivity index (χ3v) is 6.05. The molecule has 1 amide bonds. The Kier molecular flexibility index (Phi) is 4.99. The van der Waals surface area contributed by atoms with Crippen molar-refractivity contribution in [1.82, 2.24) is 10.3 Å². The molecule has 154 valence electrons. The lowest BCUT2D eigenvalue weighted by molar-refractivity contribution is -0.123. The molecular weight excluding hydrogens is 381 g/mol. The van der Waals surface area contributed by atoms with Crippen LogP contribution in [0.2, 0.25) is 0 Å². The van der Waals surface area contributed by atoms with E-state index in [4.69, 9.17) is 4.84 Å². The van der Waals surface area contributed by atoms with E-state index in [-0.39, 0.29) is 23.7 Å². The number of hydrogen-bond donors (Lipinski definition) is 2. The Balaban J connectivity index is 1.18. The summed E-state index contributed by atoms with van der Waals surface area (Å²) in [5.41, 5.74) is 5.34. The first-order valence-corrected chi connectivity index (χ1v) is 10.5. The van der Waals surface area contributed by atoms with Crippen LogP contribution in [0, 0.1) is 5.82 Å². The summed E-state index contributed by atoms with van der Waals surface area (Å²) in [7, 11) is 0. The summed E-state index contributed by atoms with van der Waals surface area (Å²) in [4.78, 5) is 21.9. The van der Waals surface area contributed by atoms with Crippen LogP contribution in [0.25, 0.3) is 10.9 Å². The van der Waals surface area contributed by atoms with Gasteiger partial charge in [0, 0.05) is 29.4 Å². The van der Waals surface area contributed by atoms with Gasteiger partial charge in [-0.15, -0.1) is 0 Å². The van der Waals surface area contributed by atoms with Crippen molar-refractivity contribution < 1.29 is 14.0 Å². The number of halogens is 1. The van der Waals surface area contributed by atoms with Gasteiger partial charge in [0.05, 0.1) is 18.2 Å². The van der Waals surface area contributed by atoms with Crippen LogP contribution in [-0.4, -0.2) is 29.3 Å². The minimum absolute atomic E-state index is 0.0399. The first kappa shape index (κ1) is 18.9. The van der Waals surface area contributed by atoms with Gasteiger partial charge in [0.1, 0.15) is 11.9 Å². The van der Waals surface area contributed by atoms with Gasteiger partial charge in [-0.3, -0.25) is 4.79 Å². The van der Waals surface area contributed by atoms with E-state index in [0.29, 0.717) is 19.4 Å². The van der Waals surface area contributed by atoms with E-state index in [0.717, 1.165) is 41.7 Å². The van der Waals surface area contributed by atoms with E-state index >= 15 is 0 Å². The summed E-state index contributed by atoms with van der Waals surface area (Å²) in [6, 6.07) is 14.7. The number of fused-ring (bicyclic) bond motifs is 3. The Morgan fingerprint density at radius 3 is 2.90 bits per heavy atom. The van der Waals surface area contributed by atoms with Crippen molar-refractivity contribution in [3.63, 3.8) is 0 Å². The lowest BCUT2D eigenvalue weighted by atomic mass is 9.86. The maximum atomic E-state index is 13.0. The molecule has 0 spiro atoms. The number of aromatic amines is 1. The second-order valence-corrected chi connectivity index (χ2v) is 8.15. The van der Waals surface area contributed by atoms with E-state index < -0.39 is 0 Å². The zero-order valence-corrected chi connectivity index (χ0v) is 16.7. The van der Waals surface area contributed by atoms with E-state index in [2.05, 4.69) is 27.6 Å². The smallest absolute Gasteiger partial charge is 0.229 e. The fourth-order valence-corrected chi connectivity index (χ4v) is 4.55. The number of H-pyrrole nitrogens is 1. The molecule has 2 atom stereocenters. The van der Waals surface area contributed by atoms with Gasteiger partial charge in [0.2, 0.25) is 5.91 Å². The van der Waals surface area contributed by atoms with Crippen LogP contribution >= 0.6 is 0 Å². The van der Waals surface area contributed by atoms with Gasteiger partial charge >= 0.3 is 0 Å². The van der Waals surface area contributed by atoms with Gasteiger partial charge in [-0.25, -0.2) is 4.39 Å². The number of aromatic nitrogens is 1. The van der Waals surface area contributed by atoms with Crippen LogP contribution in [0.1, 0.15) is 42.0 Å². The Morgan fingerprint density at radius 2 is 2.03 bits per heavy atom. The number of aryl methyl sites for hydroxylation is 1. The second kappa shape index (κ2) is 7.94. The number of para-hydroxylation sites is 1. The first-order valence-electron chi connectivity index (χ1n) is 10.5. The van der Waals surface area contributed by atoms with Crippen LogP contribution in [0.15, 0.2) is 53.7 Å². The van der Waals surface area contributed by atoms with E-state index in [9.17, 15) is 9.18 Å². The molecule has 5 nitrogen and oxygen atoms in total. The summed E-state index contributed by atoms with van der Waals surface area (Å²) >= 11 is 0. The number of rotatable bonds is 5. The largest absolute Gasteiger partial charge is 0.390 e. The number of benzene rings is 2. The van der Waals surface area contributed by atoms with Crippen molar-refractivity contribution in [2.75, 3.05) is 6.54 Å². The third kappa shape index (κ3) is 3.70. The van der Waals surface area contributed by atoms with Crippen LogP contribution in [-0.2, 0) is 22.5 Å². The van der Waals surface area contributed by atoms with E-state index in [1.54, 1.807) is 12.1 Å². The SMILES string of the molecule is O=C(NCC1CC(Cc2ccc(F)cc2)=NO1)C1CCCc2c1[nH]c1ccccc21. The predicted octanol–water partition coefficient (Wildman–Crippen LogP) is 4.23. The number of carbonyl (C=O) groups is 1. The molecule has 2 aromatic carbocycles. The zero-order valence-electron chi connectivity index (χ0n) is 16.7. The lowest BCUT2D eigenvalue weighted by Gasteiger charge is -2.22. The molecule has 0 saturated carbocycles. The normalized spacial score (nSPS) is 20.5. The van der Waals surface area contributed by atoms with Crippen molar-refractivity contribution >= 4 is 22.5 Å². The van der Waals surface area contributed by atoms with Crippen LogP contribution in [0.5, 0.6) is 0 Å². The second-order valence-electron chi connectivity index (χ2n) is 8.15. The minimum atomic E-state index is -0.246. The number of nitrogens with zero attached hydrogens (tertiary/aromatic N) is 1. The van der Waals surface area contributed by atoms with Gasteiger partial charge in [-0.05, 0) is 48.6 Å². The molecule has 30 heavy (non-hydrogen) atoms. The molecule has 2 N–H and O–H groups in total. The van der Waals surface area contributed by atoms with Crippen LogP contribution in [0.4, 0.5) is 4.39 Å². The van der Waals surface area contributed by atoms with Crippen molar-refractivity contribution in [2.24, 2.45) is 5.16 Å². The van der Waals surface area contributed by atoms with Gasteiger partial charge < -0.3 is 15.1 Å². The summed E-state index contributed by atoms with van der Waals surface area (Å²) in [5.74, 6) is -0.356. The van der Waals surface area contributed by atoms with E-state index in [1.165, 1.54) is 23.1 Å². The van der Waals surface area contributed by atoms with Crippen molar-refractivity contribution in [2.45, 2.75) is 44.1 Å². The Hall–Kier alpha value is -3.15. The Labute approximate surface area is 174 Å². The number of carbonyl (C=O) groups excluding carboxylic acids is 1. The fourth-order valence-electron chi connectivity index (χ4n) is 4.55. The highest BCUT2D eigenvalue weighted by Gasteiger charge is 2.30. The summed E-state index contributed by atoms with van der Waals surface area (Å²) < 4.78 is 13.0. The lowest BCUT2D eigenvalue weighted by Crippen LogP contribution is -2.36. The molecule has 1 aromatic heterocycles. The molecule has 0 radical (unpaired) electrons. The van der Waals surface area contributed by atoms with Crippen LogP contribution in [0.3, 0.4) is 0 Å². The Morgan fingerprint density at radius 1 is 1.20 bits per heavy atom. The number of nitrogens with one attached hydrogen (secondary N) is 2. The molecule has 0 fully saturated rings. The maximum Gasteiger partial charge on any atom is 0.229 e. The van der Waals surface area contributed by atoms with Gasteiger partial charge in [0.15, 0.2) is 0 Å². The zero-order chi connectivity index (χ0) is 20.5. The molecule has 5 rings (SSSR count). The van der Waals surface area contributed by atoms with E-state index in [1.807, 2.05) is 12.1 Å². The minimum Gasteiger partial charge on any atom is -0.390 e. The highest BCUT2D eigenvalue weighted by Crippen LogP contribution is 2.36. The average Bonchev–Trinajstić information content (AvgIpc) is 3.37. The number of oxime groups is 1. The van der Waals surface area contributed by atoms with Gasteiger partial charge in [-0.2, -0.15) is 0 Å². The predicted molar refractivity (Wildman–Crippen MR) is 114 cm³/mol. The summed E-state index contributed by atoms with van der Waals surface area (Å²) in [6.07, 6.45) is 4.01. The monoisotopic (exact) mass is 405 g/mol. The van der Waals surface area contributed by atoms with Gasteiger partial charge in [-0.1, -0.05) is 35.5 Å². The molecular formula is C24H24FN3O2. The first-order chi connectivity index (χ1) is 14.7. The highest BCUT2D eigenvalue weighted by molar-refractivity contribution is 5.91. The fraction of sp³-hybridized carbons (Fsp3) is 0.333. The molecule has 2 heterocycles. The molecule has 0 bridgehead atoms. The molecule has 3 aromatic rings. The third-order valence-electron chi connectivity index (χ3n) is 6.05. The summed E-state index contributed by atoms with van der Waals surface area (Å²) in [5, 5.41) is 8.45. The topological polar surface area (TPSA) is 66.5 Å². The van der Waals surface area contributed by atoms with Crippen molar-refractivity contribution in [3.05, 3.63) is 71.2 Å². The highest BCUT2D eigenvalue weighted by atomic mass is 19.1. The molecule has 2 aliphatic rings. The standard InChI is InChI=1S/C24H24FN3O2/c25-16-10-8-15(9-11-16)12-17-13-18(30-28-17)14-26-24(29)21-6-3-5-20-19-4-1-2-7-22(19)27-23(20)21/h1-2,4,7-11,18,21,27H,3,5-6,12-14H2,(H,26,29). The quantitative estimate of drug-likeness (QED) is 0.667. The van der Waals surface area contributed by atoms with Crippen molar-refractivity contribution in [1.29, 1.82) is 0 Å². The molecule has 1 aliphatic heterocycles. The van der Waals surface area contributed by atoms with Crippen LogP contribution < -0.4 is 5.32 Å². The molecule has 0 saturated heterocycles. The molecule has 6 heteroatoms. The number of amides is 1. The summed E-state index contributed by atoms with van der Waals surface area (Å²) in [6.45, 7) is 0.432. The van der Waals surface area contributed by atoms with Crippen molar-refractivity contribution in [3.8, 4) is 0 Å². The molecule has 2 unspecified atom stereocenters. The molecule has 1 aliphatic carbocycles. The van der Waals surface area contributed by atoms with Gasteiger partial charge in [0.25, 0.3) is 0 Å². The number of hydrogen-bond acceptors (Lipinski definition) is 3. The maximum absolute atomic E-state index is 13.0.